The Labute approximate surface area is 186 Å². The monoisotopic (exact) mass is 435 g/mol. The van der Waals surface area contributed by atoms with Crippen LogP contribution in [0.25, 0.3) is 11.1 Å². The number of aliphatic hydroxyl groups excluding tert-OH is 2. The van der Waals surface area contributed by atoms with Crippen LogP contribution in [0.15, 0.2) is 66.7 Å². The van der Waals surface area contributed by atoms with Crippen LogP contribution in [0.3, 0.4) is 0 Å². The van der Waals surface area contributed by atoms with Crippen LogP contribution in [0.1, 0.15) is 40.7 Å². The zero-order valence-electron chi connectivity index (χ0n) is 17.8. The molecule has 1 aliphatic rings. The number of hydrogen-bond acceptors (Lipinski definition) is 4. The Morgan fingerprint density at radius 3 is 2.31 bits per heavy atom. The van der Waals surface area contributed by atoms with Crippen molar-refractivity contribution in [3.63, 3.8) is 0 Å². The van der Waals surface area contributed by atoms with Gasteiger partial charge in [0.15, 0.2) is 0 Å². The first-order chi connectivity index (χ1) is 15.5. The van der Waals surface area contributed by atoms with E-state index >= 15 is 0 Å². The second kappa shape index (κ2) is 9.51. The van der Waals surface area contributed by atoms with Crippen LogP contribution in [0, 0.1) is 12.7 Å². The number of amides is 1. The van der Waals surface area contributed by atoms with Gasteiger partial charge in [-0.2, -0.15) is 0 Å². The number of aryl methyl sites for hydroxylation is 1. The molecule has 4 rings (SSSR count). The van der Waals surface area contributed by atoms with Gasteiger partial charge >= 0.3 is 6.09 Å². The molecule has 3 N–H and O–H groups in total. The number of hydrogen-bond donors (Lipinski definition) is 3. The predicted octanol–water partition coefficient (Wildman–Crippen LogP) is 4.46. The molecule has 3 aromatic carbocycles. The molecule has 2 atom stereocenters. The van der Waals surface area contributed by atoms with E-state index < -0.39 is 24.1 Å². The zero-order valence-corrected chi connectivity index (χ0v) is 17.8. The molecule has 0 aliphatic heterocycles. The van der Waals surface area contributed by atoms with Gasteiger partial charge in [-0.15, -0.1) is 0 Å². The Kier molecular flexibility index (Phi) is 6.53. The molecule has 0 heterocycles. The Hall–Kier alpha value is -3.22. The van der Waals surface area contributed by atoms with E-state index in [2.05, 4.69) is 17.4 Å². The van der Waals surface area contributed by atoms with Crippen LogP contribution in [-0.4, -0.2) is 35.6 Å². The number of carbonyl (C=O) groups is 1. The lowest BCUT2D eigenvalue weighted by molar-refractivity contribution is 0.0131. The highest BCUT2D eigenvalue weighted by Crippen LogP contribution is 2.44. The summed E-state index contributed by atoms with van der Waals surface area (Å²) in [4.78, 5) is 12.2. The number of alkyl carbamates (subject to hydrolysis) is 1. The van der Waals surface area contributed by atoms with E-state index in [1.807, 2.05) is 36.4 Å². The third-order valence-electron chi connectivity index (χ3n) is 5.98. The third kappa shape index (κ3) is 4.52. The quantitative estimate of drug-likeness (QED) is 0.512. The van der Waals surface area contributed by atoms with E-state index in [0.29, 0.717) is 11.1 Å². The number of aliphatic hydroxyl groups is 2. The summed E-state index contributed by atoms with van der Waals surface area (Å²) in [6.45, 7) is 2.05. The van der Waals surface area contributed by atoms with Crippen molar-refractivity contribution in [1.29, 1.82) is 0 Å². The molecular weight excluding hydrogens is 409 g/mol. The maximum absolute atomic E-state index is 13.5. The number of carbonyl (C=O) groups excluding carboxylic acids is 1. The molecule has 3 aromatic rings. The van der Waals surface area contributed by atoms with Crippen LogP contribution in [-0.2, 0) is 4.74 Å². The summed E-state index contributed by atoms with van der Waals surface area (Å²) >= 11 is 0. The van der Waals surface area contributed by atoms with E-state index in [0.717, 1.165) is 22.3 Å². The second-order valence-corrected chi connectivity index (χ2v) is 8.05. The topological polar surface area (TPSA) is 78.8 Å². The standard InChI is InChI=1S/C26H26FNO4/c1-16-10-11-17(27)14-22(16)25(30)24(29)12-13-28-26(31)32-15-23-20-8-4-2-6-18(20)19-7-3-5-9-21(19)23/h2-11,14,23-25,29-30H,12-13,15H2,1H3,(H,28,31). The smallest absolute Gasteiger partial charge is 0.407 e. The predicted molar refractivity (Wildman–Crippen MR) is 120 cm³/mol. The summed E-state index contributed by atoms with van der Waals surface area (Å²) < 4.78 is 18.9. The van der Waals surface area contributed by atoms with Crippen LogP contribution < -0.4 is 5.32 Å². The third-order valence-corrected chi connectivity index (χ3v) is 5.98. The first kappa shape index (κ1) is 22.0. The van der Waals surface area contributed by atoms with Gasteiger partial charge in [-0.3, -0.25) is 0 Å². The summed E-state index contributed by atoms with van der Waals surface area (Å²) in [5.74, 6) is -0.509. The van der Waals surface area contributed by atoms with Crippen LogP contribution in [0.2, 0.25) is 0 Å². The fourth-order valence-corrected chi connectivity index (χ4v) is 4.27. The van der Waals surface area contributed by atoms with Gasteiger partial charge in [0.1, 0.15) is 18.5 Å². The van der Waals surface area contributed by atoms with Crippen molar-refractivity contribution in [1.82, 2.24) is 5.32 Å². The maximum Gasteiger partial charge on any atom is 0.407 e. The normalized spacial score (nSPS) is 14.4. The Bertz CT molecular complexity index is 1070. The number of nitrogens with one attached hydrogen (secondary N) is 1. The molecule has 0 saturated heterocycles. The molecule has 0 radical (unpaired) electrons. The molecule has 166 valence electrons. The van der Waals surface area contributed by atoms with Gasteiger partial charge < -0.3 is 20.3 Å². The maximum atomic E-state index is 13.5. The van der Waals surface area contributed by atoms with Crippen LogP contribution in [0.4, 0.5) is 9.18 Å². The van der Waals surface area contributed by atoms with Gasteiger partial charge in [-0.25, -0.2) is 9.18 Å². The molecule has 1 aliphatic carbocycles. The average Bonchev–Trinajstić information content (AvgIpc) is 3.12. The van der Waals surface area contributed by atoms with Crippen molar-refractivity contribution >= 4 is 6.09 Å². The van der Waals surface area contributed by atoms with Crippen molar-refractivity contribution in [3.8, 4) is 11.1 Å². The number of rotatable bonds is 7. The molecule has 6 heteroatoms. The Morgan fingerprint density at radius 1 is 1.03 bits per heavy atom. The molecule has 32 heavy (non-hydrogen) atoms. The fourth-order valence-electron chi connectivity index (χ4n) is 4.27. The highest BCUT2D eigenvalue weighted by atomic mass is 19.1. The second-order valence-electron chi connectivity index (χ2n) is 8.05. The van der Waals surface area contributed by atoms with E-state index in [4.69, 9.17) is 4.74 Å². The van der Waals surface area contributed by atoms with Gasteiger partial charge in [-0.05, 0) is 58.9 Å². The molecular formula is C26H26FNO4. The highest BCUT2D eigenvalue weighted by molar-refractivity contribution is 5.79. The summed E-state index contributed by atoms with van der Waals surface area (Å²) in [6.07, 6.45) is -2.88. The molecule has 5 nitrogen and oxygen atoms in total. The largest absolute Gasteiger partial charge is 0.449 e. The van der Waals surface area contributed by atoms with Crippen molar-refractivity contribution in [2.75, 3.05) is 13.2 Å². The van der Waals surface area contributed by atoms with Gasteiger partial charge in [0.2, 0.25) is 0 Å². The van der Waals surface area contributed by atoms with Crippen LogP contribution in [0.5, 0.6) is 0 Å². The summed E-state index contributed by atoms with van der Waals surface area (Å²) in [5.41, 5.74) is 5.58. The summed E-state index contributed by atoms with van der Waals surface area (Å²) in [6, 6.07) is 20.3. The van der Waals surface area contributed by atoms with Crippen molar-refractivity contribution in [2.45, 2.75) is 31.5 Å². The minimum atomic E-state index is -1.24. The minimum Gasteiger partial charge on any atom is -0.449 e. The number of benzene rings is 3. The van der Waals surface area contributed by atoms with Gasteiger partial charge in [0.05, 0.1) is 6.10 Å². The molecule has 0 aromatic heterocycles. The SMILES string of the molecule is Cc1ccc(F)cc1C(O)C(O)CCNC(=O)OCC1c2ccccc2-c2ccccc21. The first-order valence-electron chi connectivity index (χ1n) is 10.7. The lowest BCUT2D eigenvalue weighted by atomic mass is 9.98. The van der Waals surface area contributed by atoms with E-state index in [-0.39, 0.29) is 25.5 Å². The number of fused-ring (bicyclic) bond motifs is 3. The molecule has 1 amide bonds. The van der Waals surface area contributed by atoms with Crippen LogP contribution >= 0.6 is 0 Å². The molecule has 0 bridgehead atoms. The van der Waals surface area contributed by atoms with E-state index in [9.17, 15) is 19.4 Å². The van der Waals surface area contributed by atoms with Gasteiger partial charge in [0, 0.05) is 12.5 Å². The lowest BCUT2D eigenvalue weighted by Gasteiger charge is -2.20. The average molecular weight is 435 g/mol. The van der Waals surface area contributed by atoms with Gasteiger partial charge in [-0.1, -0.05) is 54.6 Å². The molecule has 2 unspecified atom stereocenters. The molecule has 0 saturated carbocycles. The van der Waals surface area contributed by atoms with E-state index in [1.165, 1.54) is 12.1 Å². The number of ether oxygens (including phenoxy) is 1. The first-order valence-corrected chi connectivity index (χ1v) is 10.7. The lowest BCUT2D eigenvalue weighted by Crippen LogP contribution is -2.30. The summed E-state index contributed by atoms with van der Waals surface area (Å²) in [5, 5.41) is 23.2. The van der Waals surface area contributed by atoms with Crippen molar-refractivity contribution in [2.24, 2.45) is 0 Å². The Balaban J connectivity index is 1.29. The fraction of sp³-hybridized carbons (Fsp3) is 0.269. The highest BCUT2D eigenvalue weighted by Gasteiger charge is 2.29. The number of halogens is 1. The van der Waals surface area contributed by atoms with Gasteiger partial charge in [0.25, 0.3) is 0 Å². The summed E-state index contributed by atoms with van der Waals surface area (Å²) in [7, 11) is 0. The molecule has 0 fully saturated rings. The van der Waals surface area contributed by atoms with Crippen molar-refractivity contribution in [3.05, 3.63) is 94.8 Å². The minimum absolute atomic E-state index is 0.0310. The van der Waals surface area contributed by atoms with Crippen molar-refractivity contribution < 1.29 is 24.1 Å². The van der Waals surface area contributed by atoms with E-state index in [1.54, 1.807) is 13.0 Å². The Morgan fingerprint density at radius 2 is 1.66 bits per heavy atom. The zero-order chi connectivity index (χ0) is 22.7. The molecule has 0 spiro atoms.